The zero-order chi connectivity index (χ0) is 26.8. The van der Waals surface area contributed by atoms with Crippen molar-refractivity contribution in [2.75, 3.05) is 20.3 Å². The van der Waals surface area contributed by atoms with Crippen LogP contribution in [0.4, 0.5) is 0 Å². The Labute approximate surface area is 212 Å². The van der Waals surface area contributed by atoms with E-state index < -0.39 is 0 Å². The maximum absolute atomic E-state index is 13.0. The lowest BCUT2D eigenvalue weighted by Crippen LogP contribution is -2.39. The Morgan fingerprint density at radius 1 is 1.31 bits per heavy atom. The summed E-state index contributed by atoms with van der Waals surface area (Å²) in [6.07, 6.45) is 5.70. The predicted molar refractivity (Wildman–Crippen MR) is 144 cm³/mol. The van der Waals surface area contributed by atoms with Crippen molar-refractivity contribution < 1.29 is 19.4 Å². The number of carbonyl (C=O) groups excluding carboxylic acids is 2. The van der Waals surface area contributed by atoms with Crippen LogP contribution in [0.3, 0.4) is 0 Å². The Morgan fingerprint density at radius 3 is 2.56 bits per heavy atom. The quantitative estimate of drug-likeness (QED) is 0.146. The monoisotopic (exact) mass is 495 g/mol. The summed E-state index contributed by atoms with van der Waals surface area (Å²) in [5, 5.41) is 21.0. The zero-order valence-electron chi connectivity index (χ0n) is 21.9. The molecule has 9 heteroatoms. The summed E-state index contributed by atoms with van der Waals surface area (Å²) in [4.78, 5) is 28.8. The van der Waals surface area contributed by atoms with Gasteiger partial charge in [-0.1, -0.05) is 13.8 Å². The third-order valence-corrected chi connectivity index (χ3v) is 6.08. The van der Waals surface area contributed by atoms with Gasteiger partial charge in [0, 0.05) is 35.6 Å². The molecular weight excluding hydrogens is 458 g/mol. The van der Waals surface area contributed by atoms with Crippen molar-refractivity contribution in [2.24, 2.45) is 0 Å². The van der Waals surface area contributed by atoms with E-state index in [1.54, 1.807) is 29.8 Å². The van der Waals surface area contributed by atoms with Crippen LogP contribution in [-0.2, 0) is 4.79 Å². The highest BCUT2D eigenvalue weighted by atomic mass is 16.5. The van der Waals surface area contributed by atoms with Crippen molar-refractivity contribution in [3.8, 4) is 5.75 Å². The number of fused-ring (bicyclic) bond motifs is 1. The second-order valence-corrected chi connectivity index (χ2v) is 8.36. The molecular formula is C27H37N5O4. The van der Waals surface area contributed by atoms with Crippen LogP contribution < -0.4 is 10.1 Å². The molecule has 1 amide bonds. The molecule has 194 valence electrons. The number of nitrogens with zero attached hydrogens (tertiary/aromatic N) is 2. The van der Waals surface area contributed by atoms with E-state index in [1.165, 1.54) is 11.0 Å². The molecule has 3 aromatic rings. The zero-order valence-corrected chi connectivity index (χ0v) is 21.9. The fourth-order valence-electron chi connectivity index (χ4n) is 3.68. The summed E-state index contributed by atoms with van der Waals surface area (Å²) in [5.74, 6) is 0.636. The normalized spacial score (nSPS) is 12.0. The molecule has 1 atom stereocenters. The molecule has 0 aliphatic heterocycles. The molecule has 1 unspecified atom stereocenters. The van der Waals surface area contributed by atoms with Crippen molar-refractivity contribution in [1.29, 1.82) is 5.41 Å². The number of aryl methyl sites for hydroxylation is 1. The van der Waals surface area contributed by atoms with Crippen LogP contribution in [0.5, 0.6) is 5.75 Å². The highest BCUT2D eigenvalue weighted by molar-refractivity contribution is 5.97. The summed E-state index contributed by atoms with van der Waals surface area (Å²) in [5.41, 5.74) is 3.26. The van der Waals surface area contributed by atoms with Crippen molar-refractivity contribution in [3.05, 3.63) is 59.1 Å². The van der Waals surface area contributed by atoms with Gasteiger partial charge in [-0.25, -0.2) is 0 Å². The van der Waals surface area contributed by atoms with Crippen LogP contribution in [0, 0.1) is 19.3 Å². The molecule has 0 radical (unpaired) electrons. The first-order chi connectivity index (χ1) is 17.3. The Balaban J connectivity index is 0.00000106. The van der Waals surface area contributed by atoms with E-state index in [9.17, 15) is 14.7 Å². The molecule has 0 bridgehead atoms. The van der Waals surface area contributed by atoms with Crippen LogP contribution in [0.2, 0.25) is 0 Å². The van der Waals surface area contributed by atoms with Crippen molar-refractivity contribution in [2.45, 2.75) is 47.1 Å². The summed E-state index contributed by atoms with van der Waals surface area (Å²) in [6.45, 7) is 10.3. The minimum absolute atomic E-state index is 0.105. The van der Waals surface area contributed by atoms with Crippen LogP contribution in [-0.4, -0.2) is 64.5 Å². The number of amides is 1. The van der Waals surface area contributed by atoms with E-state index in [0.717, 1.165) is 42.2 Å². The van der Waals surface area contributed by atoms with E-state index in [2.05, 4.69) is 17.2 Å². The molecule has 0 fully saturated rings. The minimum Gasteiger partial charge on any atom is -0.455 e. The first-order valence-electron chi connectivity index (χ1n) is 12.0. The number of aromatic amines is 1. The second kappa shape index (κ2) is 13.4. The molecule has 1 aromatic carbocycles. The Hall–Kier alpha value is -3.69. The van der Waals surface area contributed by atoms with E-state index in [1.807, 2.05) is 40.0 Å². The van der Waals surface area contributed by atoms with Gasteiger partial charge in [0.1, 0.15) is 12.5 Å². The number of aliphatic hydroxyl groups is 1. The van der Waals surface area contributed by atoms with Gasteiger partial charge in [-0.3, -0.25) is 14.2 Å². The lowest BCUT2D eigenvalue weighted by molar-refractivity contribution is 0.0431. The molecule has 9 nitrogen and oxygen atoms in total. The van der Waals surface area contributed by atoms with Gasteiger partial charge in [0.05, 0.1) is 16.8 Å². The molecule has 3 rings (SSSR count). The first-order valence-corrected chi connectivity index (χ1v) is 12.0. The average molecular weight is 496 g/mol. The highest BCUT2D eigenvalue weighted by Crippen LogP contribution is 2.29. The van der Waals surface area contributed by atoms with Gasteiger partial charge >= 0.3 is 0 Å². The summed E-state index contributed by atoms with van der Waals surface area (Å²) >= 11 is 0. The molecule has 2 heterocycles. The molecule has 0 saturated heterocycles. The Morgan fingerprint density at radius 2 is 2.00 bits per heavy atom. The van der Waals surface area contributed by atoms with Crippen LogP contribution in [0.1, 0.15) is 54.5 Å². The number of benzene rings is 1. The van der Waals surface area contributed by atoms with Crippen LogP contribution in [0.15, 0.2) is 36.5 Å². The van der Waals surface area contributed by atoms with E-state index >= 15 is 0 Å². The Bertz CT molecular complexity index is 1220. The number of aromatic nitrogens is 2. The van der Waals surface area contributed by atoms with Crippen molar-refractivity contribution in [3.63, 3.8) is 0 Å². The highest BCUT2D eigenvalue weighted by Gasteiger charge is 2.24. The van der Waals surface area contributed by atoms with Gasteiger partial charge in [0.15, 0.2) is 5.76 Å². The number of rotatable bonds is 10. The third kappa shape index (κ3) is 6.30. The van der Waals surface area contributed by atoms with Gasteiger partial charge in [-0.2, -0.15) is 0 Å². The fraction of sp³-hybridized carbons (Fsp3) is 0.370. The average Bonchev–Trinajstić information content (AvgIpc) is 3.41. The Kier molecular flexibility index (Phi) is 10.6. The van der Waals surface area contributed by atoms with Gasteiger partial charge < -0.3 is 30.5 Å². The number of aliphatic hydroxyl groups excluding tert-OH is 1. The van der Waals surface area contributed by atoms with Gasteiger partial charge in [-0.15, -0.1) is 0 Å². The molecule has 36 heavy (non-hydrogen) atoms. The second-order valence-electron chi connectivity index (χ2n) is 8.36. The molecule has 4 N–H and O–H groups in total. The standard InChI is InChI=1S/C24H28N4O4.C3H9N/c1-5-15(2)28(14-30)24(31)20-12-26-23(17(20)4)22(8-9-25)32-19-6-7-21-18(11-19)10-16(3)27(21)13-29;1-3-4-2/h6-13,15,25-26,30H,5,14H2,1-4H3;4H,3H2,1-2H3/b22-8+,25-9?;. The lowest BCUT2D eigenvalue weighted by atomic mass is 10.1. The minimum atomic E-state index is -0.368. The number of ether oxygens (including phenoxy) is 1. The smallest absolute Gasteiger partial charge is 0.257 e. The molecule has 0 saturated carbocycles. The van der Waals surface area contributed by atoms with Crippen LogP contribution >= 0.6 is 0 Å². The molecule has 0 aliphatic rings. The maximum Gasteiger partial charge on any atom is 0.257 e. The first kappa shape index (κ1) is 28.5. The van der Waals surface area contributed by atoms with Gasteiger partial charge in [-0.05, 0) is 70.6 Å². The molecule has 0 aliphatic carbocycles. The number of nitrogens with one attached hydrogen (secondary N) is 3. The third-order valence-electron chi connectivity index (χ3n) is 6.08. The van der Waals surface area contributed by atoms with E-state index in [0.29, 0.717) is 28.3 Å². The predicted octanol–water partition coefficient (Wildman–Crippen LogP) is 4.11. The topological polar surface area (TPSA) is 123 Å². The maximum atomic E-state index is 13.0. The number of hydrogen-bond donors (Lipinski definition) is 4. The van der Waals surface area contributed by atoms with Gasteiger partial charge in [0.2, 0.25) is 6.41 Å². The largest absolute Gasteiger partial charge is 0.455 e. The summed E-state index contributed by atoms with van der Waals surface area (Å²) in [7, 11) is 1.93. The van der Waals surface area contributed by atoms with E-state index in [-0.39, 0.29) is 18.7 Å². The SMILES string of the molecule is CCC(C)N(CO)C(=O)c1c[nH]c(/C(=C\C=N)Oc2ccc3c(c2)cc(C)n3C=O)c1C.CCNC. The summed E-state index contributed by atoms with van der Waals surface area (Å²) in [6, 6.07) is 7.16. The lowest BCUT2D eigenvalue weighted by Gasteiger charge is -2.26. The van der Waals surface area contributed by atoms with E-state index in [4.69, 9.17) is 10.1 Å². The number of carbonyl (C=O) groups is 2. The number of H-pyrrole nitrogens is 1. The van der Waals surface area contributed by atoms with Crippen molar-refractivity contribution in [1.82, 2.24) is 19.8 Å². The molecule has 2 aromatic heterocycles. The number of allylic oxidation sites excluding steroid dienone is 1. The number of hydrogen-bond acceptors (Lipinski definition) is 6. The molecule has 0 spiro atoms. The summed E-state index contributed by atoms with van der Waals surface area (Å²) < 4.78 is 7.63. The van der Waals surface area contributed by atoms with Crippen LogP contribution in [0.25, 0.3) is 16.7 Å². The van der Waals surface area contributed by atoms with Gasteiger partial charge in [0.25, 0.3) is 5.91 Å². The fourth-order valence-corrected chi connectivity index (χ4v) is 3.68. The van der Waals surface area contributed by atoms with Crippen molar-refractivity contribution >= 4 is 35.2 Å².